The normalized spacial score (nSPS) is 34.9. The van der Waals surface area contributed by atoms with Gasteiger partial charge in [-0.1, -0.05) is 25.0 Å². The Morgan fingerprint density at radius 2 is 1.60 bits per heavy atom. The maximum Gasteiger partial charge on any atom is 0.306 e. The number of carbonyl (C=O) groups is 4. The number of hydrogen-bond acceptors (Lipinski definition) is 14. The molecular formula is C31H41FN2O14. The van der Waals surface area contributed by atoms with Crippen molar-refractivity contribution in [3.05, 3.63) is 44.0 Å². The van der Waals surface area contributed by atoms with Crippen LogP contribution in [0.2, 0.25) is 0 Å². The lowest BCUT2D eigenvalue weighted by atomic mass is 9.44. The summed E-state index contributed by atoms with van der Waals surface area (Å²) in [7, 11) is 0. The molecule has 0 saturated heterocycles. The Bertz CT molecular complexity index is 1390. The van der Waals surface area contributed by atoms with E-state index in [4.69, 9.17) is 9.47 Å². The Kier molecular flexibility index (Phi) is 10.9. The number of esters is 2. The Labute approximate surface area is 274 Å². The summed E-state index contributed by atoms with van der Waals surface area (Å²) in [6, 6.07) is 0. The van der Waals surface area contributed by atoms with Gasteiger partial charge in [0.2, 0.25) is 11.4 Å². The third-order valence-electron chi connectivity index (χ3n) is 10.8. The fraction of sp³-hybridized carbons (Fsp3) is 0.742. The Morgan fingerprint density at radius 1 is 0.958 bits per heavy atom. The van der Waals surface area contributed by atoms with Gasteiger partial charge in [0.1, 0.15) is 6.10 Å². The molecule has 0 aliphatic heterocycles. The number of alkyl halides is 1. The van der Waals surface area contributed by atoms with Crippen LogP contribution >= 0.6 is 0 Å². The number of ketones is 2. The summed E-state index contributed by atoms with van der Waals surface area (Å²) < 4.78 is 28.6. The Balaban J connectivity index is 1.60. The molecule has 4 rings (SSSR count). The predicted molar refractivity (Wildman–Crippen MR) is 158 cm³/mol. The molecule has 0 aromatic carbocycles. The molecule has 266 valence electrons. The molecule has 4 aliphatic carbocycles. The van der Waals surface area contributed by atoms with E-state index >= 15 is 4.39 Å². The highest BCUT2D eigenvalue weighted by Crippen LogP contribution is 2.70. The van der Waals surface area contributed by atoms with Gasteiger partial charge < -0.3 is 29.4 Å². The molecule has 3 saturated carbocycles. The molecule has 8 atom stereocenters. The first-order valence-corrected chi connectivity index (χ1v) is 16.0. The van der Waals surface area contributed by atoms with Crippen LogP contribution < -0.4 is 0 Å². The third-order valence-corrected chi connectivity index (χ3v) is 10.8. The lowest BCUT2D eigenvalue weighted by Gasteiger charge is -2.62. The number of carbonyl (C=O) groups excluding carboxylic acids is 4. The first kappa shape index (κ1) is 36.8. The van der Waals surface area contributed by atoms with Crippen molar-refractivity contribution < 1.29 is 63.1 Å². The van der Waals surface area contributed by atoms with Crippen LogP contribution in [0.1, 0.15) is 78.1 Å². The highest BCUT2D eigenvalue weighted by atomic mass is 19.1. The van der Waals surface area contributed by atoms with Crippen LogP contribution in [0, 0.1) is 42.9 Å². The number of ether oxygens (including phenoxy) is 2. The number of aliphatic hydroxyl groups is 2. The molecule has 17 heteroatoms. The van der Waals surface area contributed by atoms with Gasteiger partial charge in [-0.05, 0) is 69.9 Å². The molecule has 0 heterocycles. The molecule has 2 N–H and O–H groups in total. The summed E-state index contributed by atoms with van der Waals surface area (Å²) in [5.74, 6) is -4.81. The van der Waals surface area contributed by atoms with Crippen molar-refractivity contribution in [1.29, 1.82) is 0 Å². The van der Waals surface area contributed by atoms with E-state index in [1.54, 1.807) is 13.8 Å². The number of halogens is 1. The molecule has 16 nitrogen and oxygen atoms in total. The van der Waals surface area contributed by atoms with Crippen molar-refractivity contribution in [1.82, 2.24) is 0 Å². The minimum atomic E-state index is -2.35. The molecule has 0 aromatic heterocycles. The summed E-state index contributed by atoms with van der Waals surface area (Å²) in [5, 5.41) is 42.1. The van der Waals surface area contributed by atoms with Gasteiger partial charge in [0.15, 0.2) is 18.1 Å². The van der Waals surface area contributed by atoms with Gasteiger partial charge in [-0.3, -0.25) is 19.2 Å². The fourth-order valence-electron chi connectivity index (χ4n) is 8.55. The number of hydrogen-bond donors (Lipinski definition) is 2. The molecule has 4 aliphatic rings. The lowest BCUT2D eigenvalue weighted by molar-refractivity contribution is -0.757. The first-order valence-electron chi connectivity index (χ1n) is 16.0. The molecule has 3 fully saturated rings. The first-order chi connectivity index (χ1) is 22.5. The van der Waals surface area contributed by atoms with Gasteiger partial charge in [-0.15, -0.1) is 20.2 Å². The van der Waals surface area contributed by atoms with Gasteiger partial charge in [-0.2, -0.15) is 0 Å². The number of Topliss-reactive ketones (excluding diaryl/α,β-unsaturated/α-hetero) is 1. The summed E-state index contributed by atoms with van der Waals surface area (Å²) >= 11 is 0. The fourth-order valence-corrected chi connectivity index (χ4v) is 8.55. The van der Waals surface area contributed by atoms with Crippen LogP contribution in [0.3, 0.4) is 0 Å². The second-order valence-electron chi connectivity index (χ2n) is 13.3. The predicted octanol–water partition coefficient (Wildman–Crippen LogP) is 2.48. The SMILES string of the molecule is C[C@]12C=CC(=O)C=C1CCC1C3C[C@@H](O)[C@](OC(=O)CCCCCO[N+](=O)[O-])(C(=O)COC(=O)CCCO[N+](=O)[O-])[C@@]3(C)C[C@H](O)[C@@]12F. The van der Waals surface area contributed by atoms with Crippen LogP contribution in [0.25, 0.3) is 0 Å². The number of unbranched alkanes of at least 4 members (excludes halogenated alkanes) is 2. The number of aliphatic hydroxyl groups excluding tert-OH is 2. The van der Waals surface area contributed by atoms with E-state index in [9.17, 15) is 49.6 Å². The smallest absolute Gasteiger partial charge is 0.306 e. The van der Waals surface area contributed by atoms with E-state index in [1.165, 1.54) is 18.2 Å². The summed E-state index contributed by atoms with van der Waals surface area (Å²) in [6.07, 6.45) is 0.681. The maximum atomic E-state index is 17.6. The van der Waals surface area contributed by atoms with E-state index in [0.29, 0.717) is 18.4 Å². The number of nitrogens with zero attached hydrogens (tertiary/aromatic N) is 2. The summed E-state index contributed by atoms with van der Waals surface area (Å²) in [6.45, 7) is 1.63. The van der Waals surface area contributed by atoms with Gasteiger partial charge >= 0.3 is 11.9 Å². The number of rotatable bonds is 16. The van der Waals surface area contributed by atoms with Crippen LogP contribution in [0.4, 0.5) is 4.39 Å². The van der Waals surface area contributed by atoms with Gasteiger partial charge in [0.05, 0.1) is 19.3 Å². The van der Waals surface area contributed by atoms with E-state index in [1.807, 2.05) is 0 Å². The van der Waals surface area contributed by atoms with Crippen molar-refractivity contribution in [3.63, 3.8) is 0 Å². The van der Waals surface area contributed by atoms with Crippen molar-refractivity contribution in [2.45, 2.75) is 102 Å². The van der Waals surface area contributed by atoms with Crippen LogP contribution in [-0.2, 0) is 38.3 Å². The zero-order chi connectivity index (χ0) is 35.5. The second kappa shape index (κ2) is 14.2. The maximum absolute atomic E-state index is 17.6. The average Bonchev–Trinajstić information content (AvgIpc) is 3.22. The second-order valence-corrected chi connectivity index (χ2v) is 13.3. The highest BCUT2D eigenvalue weighted by molar-refractivity contribution is 6.01. The van der Waals surface area contributed by atoms with Crippen LogP contribution in [0.5, 0.6) is 0 Å². The van der Waals surface area contributed by atoms with E-state index < -0.39 is 93.7 Å². The van der Waals surface area contributed by atoms with E-state index in [0.717, 1.165) is 0 Å². The van der Waals surface area contributed by atoms with Gasteiger partial charge in [0, 0.05) is 29.6 Å². The monoisotopic (exact) mass is 684 g/mol. The Morgan fingerprint density at radius 3 is 2.27 bits per heavy atom. The zero-order valence-electron chi connectivity index (χ0n) is 26.8. The molecule has 0 amide bonds. The largest absolute Gasteiger partial charge is 0.457 e. The topological polar surface area (TPSA) is 232 Å². The summed E-state index contributed by atoms with van der Waals surface area (Å²) in [5.41, 5.74) is -7.00. The molecular weight excluding hydrogens is 643 g/mol. The number of allylic oxidation sites excluding steroid dienone is 4. The molecule has 0 radical (unpaired) electrons. The molecule has 0 bridgehead atoms. The molecule has 0 spiro atoms. The minimum Gasteiger partial charge on any atom is -0.457 e. The van der Waals surface area contributed by atoms with E-state index in [2.05, 4.69) is 9.68 Å². The summed E-state index contributed by atoms with van der Waals surface area (Å²) in [4.78, 5) is 81.0. The Hall–Kier alpha value is -3.99. The van der Waals surface area contributed by atoms with Crippen LogP contribution in [-0.4, -0.2) is 87.2 Å². The van der Waals surface area contributed by atoms with Gasteiger partial charge in [-0.25, -0.2) is 4.39 Å². The quantitative estimate of drug-likeness (QED) is 0.103. The highest BCUT2D eigenvalue weighted by Gasteiger charge is 2.78. The van der Waals surface area contributed by atoms with E-state index in [-0.39, 0.29) is 57.3 Å². The van der Waals surface area contributed by atoms with Crippen molar-refractivity contribution >= 4 is 23.5 Å². The molecule has 0 aromatic rings. The third kappa shape index (κ3) is 6.53. The lowest BCUT2D eigenvalue weighted by Crippen LogP contribution is -2.70. The number of fused-ring (bicyclic) bond motifs is 5. The standard InChI is InChI=1S/C31H41FN2O14/c1-28-12-11-20(35)15-19(28)9-10-21-22-16-23(36)31(29(22,2)17-24(37)30(21,28)32,48-27(40)7-4-3-5-13-46-33(41)42)25(38)18-45-26(39)8-6-14-47-34(43)44/h11-12,15,21-24,36-37H,3-10,13-14,16-18H2,1-2H3/t21?,22?,23-,24+,28+,29+,30+,31+/m1/s1. The van der Waals surface area contributed by atoms with Gasteiger partial charge in [0.25, 0.3) is 10.2 Å². The van der Waals surface area contributed by atoms with Crippen molar-refractivity contribution in [2.24, 2.45) is 22.7 Å². The molecule has 48 heavy (non-hydrogen) atoms. The van der Waals surface area contributed by atoms with Crippen molar-refractivity contribution in [3.8, 4) is 0 Å². The molecule has 2 unspecified atom stereocenters. The zero-order valence-corrected chi connectivity index (χ0v) is 26.8. The average molecular weight is 685 g/mol. The van der Waals surface area contributed by atoms with Crippen molar-refractivity contribution in [2.75, 3.05) is 19.8 Å². The van der Waals surface area contributed by atoms with Crippen LogP contribution in [0.15, 0.2) is 23.8 Å². The minimum absolute atomic E-state index is 0.0923.